The smallest absolute Gasteiger partial charge is 0.0947 e. The first-order valence-electron chi connectivity index (χ1n) is 8.69. The summed E-state index contributed by atoms with van der Waals surface area (Å²) in [7, 11) is 0. The molecule has 0 N–H and O–H groups in total. The molecule has 1 aliphatic heterocycles. The summed E-state index contributed by atoms with van der Waals surface area (Å²) in [6, 6.07) is 2.04. The van der Waals surface area contributed by atoms with E-state index in [2.05, 4.69) is 22.7 Å². The second kappa shape index (κ2) is 6.49. The summed E-state index contributed by atoms with van der Waals surface area (Å²) in [5.41, 5.74) is 3.84. The average Bonchev–Trinajstić information content (AvgIpc) is 3.04. The second-order valence-electron chi connectivity index (χ2n) is 6.85. The third-order valence-electron chi connectivity index (χ3n) is 4.81. The van der Waals surface area contributed by atoms with Crippen molar-refractivity contribution in [1.82, 2.24) is 14.7 Å². The molecule has 4 rings (SSSR count). The minimum Gasteiger partial charge on any atom is -0.472 e. The Labute approximate surface area is 137 Å². The van der Waals surface area contributed by atoms with E-state index in [1.807, 2.05) is 12.3 Å². The number of aromatic nitrogens is 2. The van der Waals surface area contributed by atoms with Crippen LogP contribution >= 0.6 is 0 Å². The summed E-state index contributed by atoms with van der Waals surface area (Å²) in [6.45, 7) is 7.53. The summed E-state index contributed by atoms with van der Waals surface area (Å²) < 4.78 is 13.1. The molecule has 23 heavy (non-hydrogen) atoms. The quantitative estimate of drug-likeness (QED) is 0.788. The van der Waals surface area contributed by atoms with Gasteiger partial charge in [-0.05, 0) is 31.7 Å². The molecule has 0 amide bonds. The first-order chi connectivity index (χ1) is 11.3. The highest BCUT2D eigenvalue weighted by molar-refractivity contribution is 5.26. The molecule has 0 saturated heterocycles. The SMILES string of the molecule is CCOC[C@H]1CN(Cc2ccoc2)Cc2nn(CC3CC3)cc21. The molecule has 0 unspecified atom stereocenters. The van der Waals surface area contributed by atoms with Crippen molar-refractivity contribution in [2.75, 3.05) is 19.8 Å². The van der Waals surface area contributed by atoms with Gasteiger partial charge >= 0.3 is 0 Å². The Kier molecular flexibility index (Phi) is 4.23. The third-order valence-corrected chi connectivity index (χ3v) is 4.81. The highest BCUT2D eigenvalue weighted by Gasteiger charge is 2.30. The molecule has 0 aromatic carbocycles. The topological polar surface area (TPSA) is 43.4 Å². The first-order valence-corrected chi connectivity index (χ1v) is 8.69. The molecule has 0 bridgehead atoms. The summed E-state index contributed by atoms with van der Waals surface area (Å²) in [6.07, 6.45) is 8.57. The largest absolute Gasteiger partial charge is 0.472 e. The molecule has 3 heterocycles. The predicted molar refractivity (Wildman–Crippen MR) is 87.0 cm³/mol. The Morgan fingerprint density at radius 1 is 1.39 bits per heavy atom. The van der Waals surface area contributed by atoms with Gasteiger partial charge in [-0.15, -0.1) is 0 Å². The van der Waals surface area contributed by atoms with Gasteiger partial charge in [-0.2, -0.15) is 5.10 Å². The van der Waals surface area contributed by atoms with E-state index in [1.165, 1.54) is 29.7 Å². The van der Waals surface area contributed by atoms with Gasteiger partial charge in [0.2, 0.25) is 0 Å². The lowest BCUT2D eigenvalue weighted by molar-refractivity contribution is 0.105. The Morgan fingerprint density at radius 3 is 3.04 bits per heavy atom. The van der Waals surface area contributed by atoms with Crippen LogP contribution in [0.4, 0.5) is 0 Å². The lowest BCUT2D eigenvalue weighted by Gasteiger charge is -2.31. The zero-order valence-electron chi connectivity index (χ0n) is 13.8. The molecule has 2 aromatic rings. The van der Waals surface area contributed by atoms with Crippen LogP contribution in [0.1, 0.15) is 42.5 Å². The third kappa shape index (κ3) is 3.51. The standard InChI is InChI=1S/C18H25N3O2/c1-2-22-13-16-9-20(7-15-5-6-23-12-15)11-18-17(16)10-21(19-18)8-14-3-4-14/h5-6,10,12,14,16H,2-4,7-9,11,13H2,1H3/t16-/m1/s1. The molecule has 5 nitrogen and oxygen atoms in total. The summed E-state index contributed by atoms with van der Waals surface area (Å²) >= 11 is 0. The normalized spacial score (nSPS) is 21.5. The number of ether oxygens (including phenoxy) is 1. The fourth-order valence-corrected chi connectivity index (χ4v) is 3.45. The van der Waals surface area contributed by atoms with E-state index in [1.54, 1.807) is 6.26 Å². The molecule has 1 saturated carbocycles. The van der Waals surface area contributed by atoms with E-state index in [9.17, 15) is 0 Å². The van der Waals surface area contributed by atoms with Crippen LogP contribution in [0.5, 0.6) is 0 Å². The zero-order chi connectivity index (χ0) is 15.6. The van der Waals surface area contributed by atoms with Gasteiger partial charge in [0.05, 0.1) is 24.8 Å². The second-order valence-corrected chi connectivity index (χ2v) is 6.85. The molecule has 0 spiro atoms. The van der Waals surface area contributed by atoms with Crippen LogP contribution in [-0.2, 0) is 24.4 Å². The molecule has 5 heteroatoms. The maximum absolute atomic E-state index is 5.73. The number of rotatable bonds is 7. The van der Waals surface area contributed by atoms with E-state index < -0.39 is 0 Å². The van der Waals surface area contributed by atoms with Crippen LogP contribution in [0.2, 0.25) is 0 Å². The molecule has 1 fully saturated rings. The number of hydrogen-bond acceptors (Lipinski definition) is 4. The van der Waals surface area contributed by atoms with Gasteiger partial charge in [-0.1, -0.05) is 0 Å². The number of fused-ring (bicyclic) bond motifs is 1. The van der Waals surface area contributed by atoms with E-state index in [4.69, 9.17) is 14.3 Å². The highest BCUT2D eigenvalue weighted by atomic mass is 16.5. The van der Waals surface area contributed by atoms with Crippen LogP contribution in [-0.4, -0.2) is 34.4 Å². The van der Waals surface area contributed by atoms with Gasteiger partial charge < -0.3 is 9.15 Å². The van der Waals surface area contributed by atoms with E-state index in [-0.39, 0.29) is 0 Å². The van der Waals surface area contributed by atoms with Gasteiger partial charge in [-0.25, -0.2) is 0 Å². The number of furan rings is 1. The Morgan fingerprint density at radius 2 is 2.30 bits per heavy atom. The van der Waals surface area contributed by atoms with E-state index in [0.29, 0.717) is 5.92 Å². The fourth-order valence-electron chi connectivity index (χ4n) is 3.45. The van der Waals surface area contributed by atoms with Gasteiger partial charge in [0.1, 0.15) is 0 Å². The maximum Gasteiger partial charge on any atom is 0.0947 e. The van der Waals surface area contributed by atoms with Crippen molar-refractivity contribution < 1.29 is 9.15 Å². The summed E-state index contributed by atoms with van der Waals surface area (Å²) in [5.74, 6) is 1.27. The predicted octanol–water partition coefficient (Wildman–Crippen LogP) is 3.02. The van der Waals surface area contributed by atoms with Crippen molar-refractivity contribution in [1.29, 1.82) is 0 Å². The fraction of sp³-hybridized carbons (Fsp3) is 0.611. The van der Waals surface area contributed by atoms with E-state index in [0.717, 1.165) is 45.3 Å². The van der Waals surface area contributed by atoms with Gasteiger partial charge in [0.15, 0.2) is 0 Å². The van der Waals surface area contributed by atoms with Gasteiger partial charge in [0.25, 0.3) is 0 Å². The van der Waals surface area contributed by atoms with Gasteiger partial charge in [-0.3, -0.25) is 9.58 Å². The van der Waals surface area contributed by atoms with Crippen molar-refractivity contribution in [2.45, 2.75) is 45.3 Å². The van der Waals surface area contributed by atoms with Crippen LogP contribution < -0.4 is 0 Å². The monoisotopic (exact) mass is 315 g/mol. The Hall–Kier alpha value is -1.59. The van der Waals surface area contributed by atoms with E-state index >= 15 is 0 Å². The molecule has 2 aliphatic rings. The molecule has 0 radical (unpaired) electrons. The molecular formula is C18H25N3O2. The van der Waals surface area contributed by atoms with Crippen molar-refractivity contribution in [2.24, 2.45) is 5.92 Å². The van der Waals surface area contributed by atoms with Crippen LogP contribution in [0.25, 0.3) is 0 Å². The van der Waals surface area contributed by atoms with Crippen molar-refractivity contribution >= 4 is 0 Å². The van der Waals surface area contributed by atoms with Crippen LogP contribution in [0, 0.1) is 5.92 Å². The zero-order valence-corrected chi connectivity index (χ0v) is 13.8. The molecule has 1 aliphatic carbocycles. The van der Waals surface area contributed by atoms with Crippen molar-refractivity contribution in [3.05, 3.63) is 41.6 Å². The lowest BCUT2D eigenvalue weighted by atomic mass is 9.95. The first kappa shape index (κ1) is 15.0. The molecular weight excluding hydrogens is 290 g/mol. The maximum atomic E-state index is 5.73. The number of nitrogens with zero attached hydrogens (tertiary/aromatic N) is 3. The summed E-state index contributed by atoms with van der Waals surface area (Å²) in [5, 5.41) is 4.86. The Balaban J connectivity index is 1.51. The van der Waals surface area contributed by atoms with Crippen molar-refractivity contribution in [3.8, 4) is 0 Å². The molecule has 124 valence electrons. The van der Waals surface area contributed by atoms with Gasteiger partial charge in [0, 0.05) is 56.0 Å². The lowest BCUT2D eigenvalue weighted by Crippen LogP contribution is -2.34. The highest BCUT2D eigenvalue weighted by Crippen LogP contribution is 2.33. The van der Waals surface area contributed by atoms with Crippen LogP contribution in [0.15, 0.2) is 29.2 Å². The minimum atomic E-state index is 0.415. The Bertz CT molecular complexity index is 631. The molecule has 2 aromatic heterocycles. The average molecular weight is 315 g/mol. The van der Waals surface area contributed by atoms with Crippen LogP contribution in [0.3, 0.4) is 0 Å². The summed E-state index contributed by atoms with van der Waals surface area (Å²) in [4.78, 5) is 2.45. The minimum absolute atomic E-state index is 0.415. The number of hydrogen-bond donors (Lipinski definition) is 0. The molecule has 1 atom stereocenters. The van der Waals surface area contributed by atoms with Crippen molar-refractivity contribution in [3.63, 3.8) is 0 Å².